The van der Waals surface area contributed by atoms with Crippen LogP contribution < -0.4 is 16.1 Å². The lowest BCUT2D eigenvalue weighted by atomic mass is 9.98. The fourth-order valence-corrected chi connectivity index (χ4v) is 4.70. The molecule has 0 spiro atoms. The van der Waals surface area contributed by atoms with Crippen molar-refractivity contribution in [1.29, 1.82) is 0 Å². The Morgan fingerprint density at radius 1 is 1.21 bits per heavy atom. The summed E-state index contributed by atoms with van der Waals surface area (Å²) in [6.45, 7) is 6.21. The van der Waals surface area contributed by atoms with Gasteiger partial charge in [-0.05, 0) is 44.4 Å². The Balaban J connectivity index is 1.84. The second-order valence-corrected chi connectivity index (χ2v) is 10.3. The van der Waals surface area contributed by atoms with Crippen LogP contribution in [0.1, 0.15) is 40.8 Å². The maximum Gasteiger partial charge on any atom is 0.653 e. The number of ether oxygens (including phenoxy) is 3. The van der Waals surface area contributed by atoms with Gasteiger partial charge in [0.05, 0.1) is 6.10 Å². The molecule has 2 heterocycles. The summed E-state index contributed by atoms with van der Waals surface area (Å²) in [5.74, 6) is -1.33. The van der Waals surface area contributed by atoms with E-state index in [-0.39, 0.29) is 5.75 Å². The largest absolute Gasteiger partial charge is 0.653 e. The number of carbonyl (C=O) groups excluding carboxylic acids is 2. The van der Waals surface area contributed by atoms with Gasteiger partial charge in [-0.2, -0.15) is 0 Å². The molecule has 2 unspecified atom stereocenters. The van der Waals surface area contributed by atoms with Crippen LogP contribution in [0.5, 0.6) is 5.75 Å². The van der Waals surface area contributed by atoms with Crippen LogP contribution in [-0.2, 0) is 32.9 Å². The Morgan fingerprint density at radius 3 is 2.46 bits per heavy atom. The molecule has 1 aliphatic heterocycles. The number of aromatic amines is 1. The molecule has 39 heavy (non-hydrogen) atoms. The molecule has 1 fully saturated rings. The molecule has 212 valence electrons. The Kier molecular flexibility index (Phi) is 9.73. The van der Waals surface area contributed by atoms with E-state index in [1.165, 1.54) is 6.92 Å². The maximum atomic E-state index is 16.0. The van der Waals surface area contributed by atoms with Crippen molar-refractivity contribution in [2.45, 2.75) is 70.9 Å². The van der Waals surface area contributed by atoms with Gasteiger partial charge in [-0.15, -0.1) is 4.52 Å². The van der Waals surface area contributed by atoms with Gasteiger partial charge in [0.1, 0.15) is 17.5 Å². The molecule has 13 nitrogen and oxygen atoms in total. The summed E-state index contributed by atoms with van der Waals surface area (Å²) >= 11 is 0. The zero-order valence-corrected chi connectivity index (χ0v) is 22.8. The zero-order valence-electron chi connectivity index (χ0n) is 21.9. The number of para-hydroxylation sites is 1. The van der Waals surface area contributed by atoms with Gasteiger partial charge in [0, 0.05) is 19.2 Å². The van der Waals surface area contributed by atoms with E-state index in [1.54, 1.807) is 44.2 Å². The minimum Gasteiger partial charge on any atom is -0.462 e. The molecule has 15 heteroatoms. The van der Waals surface area contributed by atoms with E-state index in [4.69, 9.17) is 23.6 Å². The van der Waals surface area contributed by atoms with Gasteiger partial charge in [0.25, 0.3) is 5.56 Å². The first-order valence-electron chi connectivity index (χ1n) is 12.0. The molecule has 1 aliphatic rings. The Hall–Kier alpha value is -3.45. The second kappa shape index (κ2) is 12.6. The molecule has 0 amide bonds. The van der Waals surface area contributed by atoms with Crippen LogP contribution in [0.3, 0.4) is 0 Å². The number of rotatable bonds is 11. The summed E-state index contributed by atoms with van der Waals surface area (Å²) in [6.07, 6.45) is -3.98. The molecule has 2 aromatic rings. The molecule has 1 N–H and O–H groups in total. The number of halogens is 1. The Morgan fingerprint density at radius 2 is 1.87 bits per heavy atom. The van der Waals surface area contributed by atoms with Crippen LogP contribution in [-0.4, -0.2) is 63.0 Å². The lowest BCUT2D eigenvalue weighted by molar-refractivity contribution is -0.159. The third-order valence-corrected chi connectivity index (χ3v) is 6.67. The fraction of sp³-hybridized carbons (Fsp3) is 0.500. The van der Waals surface area contributed by atoms with Gasteiger partial charge >= 0.3 is 25.8 Å². The van der Waals surface area contributed by atoms with Crippen LogP contribution in [0.4, 0.5) is 4.39 Å². The Bertz CT molecular complexity index is 1300. The number of hydroxylamine groups is 1. The average Bonchev–Trinajstić information content (AvgIpc) is 3.09. The van der Waals surface area contributed by atoms with Crippen molar-refractivity contribution in [3.8, 4) is 5.75 Å². The highest BCUT2D eigenvalue weighted by Gasteiger charge is 2.59. The summed E-state index contributed by atoms with van der Waals surface area (Å²) < 4.78 is 51.5. The van der Waals surface area contributed by atoms with Crippen molar-refractivity contribution in [3.05, 3.63) is 63.4 Å². The minimum atomic E-state index is -2.93. The molecular weight excluding hydrogens is 540 g/mol. The number of hydrogen-bond donors (Lipinski definition) is 1. The predicted octanol–water partition coefficient (Wildman–Crippen LogP) is 2.40. The van der Waals surface area contributed by atoms with E-state index in [0.29, 0.717) is 0 Å². The molecule has 1 aromatic heterocycles. The lowest BCUT2D eigenvalue weighted by Gasteiger charge is -2.27. The van der Waals surface area contributed by atoms with E-state index in [9.17, 15) is 23.7 Å². The molecule has 0 radical (unpaired) electrons. The van der Waals surface area contributed by atoms with Crippen LogP contribution in [0.15, 0.2) is 52.2 Å². The first-order chi connectivity index (χ1) is 18.3. The summed E-state index contributed by atoms with van der Waals surface area (Å²) in [7, 11) is -2.93. The first-order valence-corrected chi connectivity index (χ1v) is 13.1. The van der Waals surface area contributed by atoms with E-state index in [0.717, 1.165) is 35.5 Å². The lowest BCUT2D eigenvalue weighted by Crippen LogP contribution is -2.46. The van der Waals surface area contributed by atoms with E-state index in [2.05, 4.69) is 0 Å². The summed E-state index contributed by atoms with van der Waals surface area (Å²) in [5.41, 5.74) is -4.13. The molecule has 0 aliphatic carbocycles. The molecule has 3 rings (SSSR count). The smallest absolute Gasteiger partial charge is 0.462 e. The second-order valence-electron chi connectivity index (χ2n) is 9.13. The van der Waals surface area contributed by atoms with Crippen molar-refractivity contribution in [1.82, 2.24) is 14.4 Å². The number of nitrogens with one attached hydrogen (secondary N) is 1. The number of nitrogens with zero attached hydrogens (tertiary/aromatic N) is 2. The van der Waals surface area contributed by atoms with Gasteiger partial charge in [-0.1, -0.05) is 18.2 Å². The quantitative estimate of drug-likeness (QED) is 0.240. The summed E-state index contributed by atoms with van der Waals surface area (Å²) in [5, 5.41) is 0. The van der Waals surface area contributed by atoms with Crippen LogP contribution in [0, 0.1) is 0 Å². The van der Waals surface area contributed by atoms with Crippen LogP contribution in [0.2, 0.25) is 0 Å². The van der Waals surface area contributed by atoms with Crippen molar-refractivity contribution < 1.29 is 42.1 Å². The molecule has 0 bridgehead atoms. The van der Waals surface area contributed by atoms with Crippen molar-refractivity contribution in [2.24, 2.45) is 0 Å². The molecule has 6 atom stereocenters. The average molecular weight is 570 g/mol. The Labute approximate surface area is 223 Å². The van der Waals surface area contributed by atoms with Crippen molar-refractivity contribution >= 4 is 20.1 Å². The first kappa shape index (κ1) is 30.1. The summed E-state index contributed by atoms with van der Waals surface area (Å²) in [6, 6.07) is 7.99. The van der Waals surface area contributed by atoms with Crippen LogP contribution in [0.25, 0.3) is 0 Å². The third-order valence-electron chi connectivity index (χ3n) is 5.55. The fourth-order valence-electron chi connectivity index (χ4n) is 3.78. The van der Waals surface area contributed by atoms with E-state index < -0.39 is 74.2 Å². The number of aromatic nitrogens is 2. The standard InChI is InChI=1S/C24H29FN3O10P/c1-14(2)35-21(31)15(3)28(38-17-9-7-6-8-10-17)39(33)34-13-18-20(36-16(4)29)24(5,25)22(37-18)27-12-11-19(30)26-23(27)32/h6-12,14-15,18,20,22H,13H2,1-5H3/p+1/t15-,18+,20-,22+,24?/m0/s1. The van der Waals surface area contributed by atoms with Gasteiger partial charge in [-0.25, -0.2) is 9.18 Å². The normalized spacial score (nSPS) is 23.9. The van der Waals surface area contributed by atoms with Gasteiger partial charge in [-0.3, -0.25) is 23.9 Å². The number of alkyl halides is 1. The zero-order chi connectivity index (χ0) is 28.9. The minimum absolute atomic E-state index is 0.248. The maximum absolute atomic E-state index is 16.0. The highest BCUT2D eigenvalue weighted by atomic mass is 31.1. The predicted molar refractivity (Wildman–Crippen MR) is 133 cm³/mol. The number of benzene rings is 1. The molecule has 1 aromatic carbocycles. The molecule has 1 saturated heterocycles. The highest BCUT2D eigenvalue weighted by molar-refractivity contribution is 7.36. The topological polar surface area (TPSA) is 155 Å². The molecular formula is C24H30FN3O10P+. The van der Waals surface area contributed by atoms with E-state index in [1.807, 2.05) is 4.98 Å². The third kappa shape index (κ3) is 7.35. The van der Waals surface area contributed by atoms with E-state index >= 15 is 4.39 Å². The van der Waals surface area contributed by atoms with Crippen molar-refractivity contribution in [3.63, 3.8) is 0 Å². The van der Waals surface area contributed by atoms with Gasteiger partial charge in [0.2, 0.25) is 0 Å². The van der Waals surface area contributed by atoms with Crippen molar-refractivity contribution in [2.75, 3.05) is 6.61 Å². The molecule has 0 saturated carbocycles. The monoisotopic (exact) mass is 570 g/mol. The summed E-state index contributed by atoms with van der Waals surface area (Å²) in [4.78, 5) is 56.5. The van der Waals surface area contributed by atoms with Crippen LogP contribution >= 0.6 is 8.18 Å². The SMILES string of the molecule is CC(=O)O[C@H]1[C@@H](CO[P+](=O)N(Oc2ccccc2)[C@@H](C)C(=O)OC(C)C)O[C@@H](n2ccc(=O)[nH]c2=O)C1(C)F. The number of esters is 2. The highest BCUT2D eigenvalue weighted by Crippen LogP contribution is 2.44. The van der Waals surface area contributed by atoms with Gasteiger partial charge in [0.15, 0.2) is 29.8 Å². The number of hydrogen-bond acceptors (Lipinski definition) is 10. The van der Waals surface area contributed by atoms with Gasteiger partial charge < -0.3 is 19.0 Å². The number of carbonyl (C=O) groups is 2. The number of H-pyrrole nitrogens is 1.